The molecule has 0 aliphatic rings. The van der Waals surface area contributed by atoms with E-state index in [2.05, 4.69) is 25.7 Å². The number of aromatic amines is 1. The maximum absolute atomic E-state index is 12.2. The van der Waals surface area contributed by atoms with Crippen molar-refractivity contribution in [2.45, 2.75) is 19.9 Å². The van der Waals surface area contributed by atoms with Crippen LogP contribution in [0.4, 0.5) is 0 Å². The number of carbonyl (C=O) groups is 1. The molecule has 1 atom stereocenters. The van der Waals surface area contributed by atoms with Crippen LogP contribution < -0.4 is 10.1 Å². The lowest BCUT2D eigenvalue weighted by Gasteiger charge is -2.08. The van der Waals surface area contributed by atoms with Crippen LogP contribution in [-0.2, 0) is 0 Å². The Morgan fingerprint density at radius 3 is 2.96 bits per heavy atom. The second-order valence-electron chi connectivity index (χ2n) is 5.29. The first-order chi connectivity index (χ1) is 11.6. The topological polar surface area (TPSA) is 106 Å². The van der Waals surface area contributed by atoms with Gasteiger partial charge in [0.15, 0.2) is 0 Å². The van der Waals surface area contributed by atoms with Crippen LogP contribution in [0.3, 0.4) is 0 Å². The fourth-order valence-corrected chi connectivity index (χ4v) is 2.21. The van der Waals surface area contributed by atoms with Crippen LogP contribution in [0.15, 0.2) is 35.0 Å². The predicted octanol–water partition coefficient (Wildman–Crippen LogP) is 2.27. The van der Waals surface area contributed by atoms with E-state index in [4.69, 9.17) is 9.26 Å². The van der Waals surface area contributed by atoms with Gasteiger partial charge in [0.1, 0.15) is 11.8 Å². The minimum atomic E-state index is -0.432. The van der Waals surface area contributed by atoms with Gasteiger partial charge in [0, 0.05) is 11.3 Å². The lowest BCUT2D eigenvalue weighted by molar-refractivity contribution is 0.0932. The number of H-pyrrole nitrogens is 1. The molecule has 8 nitrogen and oxygen atoms in total. The molecule has 24 heavy (non-hydrogen) atoms. The molecule has 1 aromatic carbocycles. The third-order valence-electron chi connectivity index (χ3n) is 3.56. The van der Waals surface area contributed by atoms with Crippen molar-refractivity contribution < 1.29 is 14.1 Å². The van der Waals surface area contributed by atoms with Crippen molar-refractivity contribution in [1.29, 1.82) is 0 Å². The van der Waals surface area contributed by atoms with Crippen molar-refractivity contribution in [2.24, 2.45) is 0 Å². The van der Waals surface area contributed by atoms with E-state index in [1.54, 1.807) is 21.0 Å². The average Bonchev–Trinajstić information content (AvgIpc) is 3.24. The maximum Gasteiger partial charge on any atom is 0.255 e. The van der Waals surface area contributed by atoms with E-state index in [0.717, 1.165) is 5.56 Å². The molecule has 0 aliphatic heterocycles. The van der Waals surface area contributed by atoms with Crippen molar-refractivity contribution in [2.75, 3.05) is 7.11 Å². The lowest BCUT2D eigenvalue weighted by atomic mass is 10.2. The summed E-state index contributed by atoms with van der Waals surface area (Å²) in [6.07, 6.45) is 1.48. The van der Waals surface area contributed by atoms with Crippen LogP contribution in [0.2, 0.25) is 0 Å². The van der Waals surface area contributed by atoms with Gasteiger partial charge in [-0.25, -0.2) is 0 Å². The van der Waals surface area contributed by atoms with Gasteiger partial charge in [-0.2, -0.15) is 10.1 Å². The van der Waals surface area contributed by atoms with Crippen molar-refractivity contribution in [1.82, 2.24) is 25.7 Å². The number of rotatable bonds is 5. The highest BCUT2D eigenvalue weighted by Gasteiger charge is 2.19. The van der Waals surface area contributed by atoms with E-state index in [-0.39, 0.29) is 5.91 Å². The quantitative estimate of drug-likeness (QED) is 0.744. The van der Waals surface area contributed by atoms with Crippen molar-refractivity contribution in [3.05, 3.63) is 47.6 Å². The molecule has 3 aromatic rings. The molecular formula is C16H17N5O3. The molecule has 1 amide bonds. The van der Waals surface area contributed by atoms with Crippen LogP contribution in [0.25, 0.3) is 11.4 Å². The SMILES string of the molecule is COc1cccc(-c2noc(C(C)NC(=O)c3cn[nH]c3C)n2)c1. The highest BCUT2D eigenvalue weighted by molar-refractivity contribution is 5.95. The highest BCUT2D eigenvalue weighted by Crippen LogP contribution is 2.22. The molecule has 0 saturated heterocycles. The Kier molecular flexibility index (Phi) is 4.28. The normalized spacial score (nSPS) is 12.0. The lowest BCUT2D eigenvalue weighted by Crippen LogP contribution is -2.27. The Labute approximate surface area is 138 Å². The van der Waals surface area contributed by atoms with Crippen molar-refractivity contribution in [3.8, 4) is 17.1 Å². The first-order valence-electron chi connectivity index (χ1n) is 7.37. The van der Waals surface area contributed by atoms with Gasteiger partial charge in [0.2, 0.25) is 11.7 Å². The number of hydrogen-bond acceptors (Lipinski definition) is 6. The molecule has 3 rings (SSSR count). The van der Waals surface area contributed by atoms with E-state index in [0.29, 0.717) is 28.7 Å². The molecular weight excluding hydrogens is 310 g/mol. The summed E-state index contributed by atoms with van der Waals surface area (Å²) in [6, 6.07) is 6.92. The van der Waals surface area contributed by atoms with Crippen LogP contribution in [-0.4, -0.2) is 33.4 Å². The number of methoxy groups -OCH3 is 1. The number of carbonyl (C=O) groups excluding carboxylic acids is 1. The van der Waals surface area contributed by atoms with E-state index >= 15 is 0 Å². The summed E-state index contributed by atoms with van der Waals surface area (Å²) in [6.45, 7) is 3.55. The minimum Gasteiger partial charge on any atom is -0.497 e. The van der Waals surface area contributed by atoms with Gasteiger partial charge in [-0.1, -0.05) is 17.3 Å². The molecule has 124 valence electrons. The van der Waals surface area contributed by atoms with E-state index in [1.807, 2.05) is 24.3 Å². The molecule has 1 unspecified atom stereocenters. The number of nitrogens with zero attached hydrogens (tertiary/aromatic N) is 3. The molecule has 0 bridgehead atoms. The van der Waals surface area contributed by atoms with Gasteiger partial charge in [-0.3, -0.25) is 9.89 Å². The number of amides is 1. The predicted molar refractivity (Wildman–Crippen MR) is 85.5 cm³/mol. The largest absolute Gasteiger partial charge is 0.497 e. The van der Waals surface area contributed by atoms with Gasteiger partial charge in [0.25, 0.3) is 5.91 Å². The fraction of sp³-hybridized carbons (Fsp3) is 0.250. The standard InChI is InChI=1S/C16H17N5O3/c1-9-13(8-17-20-9)15(22)18-10(2)16-19-14(21-24-16)11-5-4-6-12(7-11)23-3/h4-8,10H,1-3H3,(H,17,20)(H,18,22). The number of nitrogens with one attached hydrogen (secondary N) is 2. The highest BCUT2D eigenvalue weighted by atomic mass is 16.5. The molecule has 2 aromatic heterocycles. The fourth-order valence-electron chi connectivity index (χ4n) is 2.21. The third-order valence-corrected chi connectivity index (χ3v) is 3.56. The van der Waals surface area contributed by atoms with Gasteiger partial charge < -0.3 is 14.6 Å². The zero-order chi connectivity index (χ0) is 17.1. The molecule has 0 aliphatic carbocycles. The van der Waals surface area contributed by atoms with Crippen LogP contribution in [0, 0.1) is 6.92 Å². The number of aromatic nitrogens is 4. The smallest absolute Gasteiger partial charge is 0.255 e. The Morgan fingerprint density at radius 1 is 1.42 bits per heavy atom. The first kappa shape index (κ1) is 15.7. The monoisotopic (exact) mass is 327 g/mol. The van der Waals surface area contributed by atoms with Gasteiger partial charge >= 0.3 is 0 Å². The zero-order valence-corrected chi connectivity index (χ0v) is 13.5. The second kappa shape index (κ2) is 6.53. The molecule has 0 saturated carbocycles. The molecule has 2 N–H and O–H groups in total. The number of aryl methyl sites for hydroxylation is 1. The summed E-state index contributed by atoms with van der Waals surface area (Å²) >= 11 is 0. The number of benzene rings is 1. The average molecular weight is 327 g/mol. The first-order valence-corrected chi connectivity index (χ1v) is 7.37. The molecule has 2 heterocycles. The van der Waals surface area contributed by atoms with Crippen molar-refractivity contribution in [3.63, 3.8) is 0 Å². The van der Waals surface area contributed by atoms with Gasteiger partial charge in [-0.15, -0.1) is 0 Å². The third kappa shape index (κ3) is 3.12. The summed E-state index contributed by atoms with van der Waals surface area (Å²) in [7, 11) is 1.59. The second-order valence-corrected chi connectivity index (χ2v) is 5.29. The summed E-state index contributed by atoms with van der Waals surface area (Å²) in [5.41, 5.74) is 1.95. The van der Waals surface area contributed by atoms with E-state index in [1.165, 1.54) is 6.20 Å². The maximum atomic E-state index is 12.2. The molecule has 0 fully saturated rings. The van der Waals surface area contributed by atoms with Gasteiger partial charge in [0.05, 0.1) is 18.9 Å². The Bertz CT molecular complexity index is 855. The Balaban J connectivity index is 1.75. The molecule has 0 spiro atoms. The number of hydrogen-bond donors (Lipinski definition) is 2. The van der Waals surface area contributed by atoms with E-state index in [9.17, 15) is 4.79 Å². The number of ether oxygens (including phenoxy) is 1. The molecule has 0 radical (unpaired) electrons. The van der Waals surface area contributed by atoms with Crippen molar-refractivity contribution >= 4 is 5.91 Å². The van der Waals surface area contributed by atoms with Crippen LogP contribution >= 0.6 is 0 Å². The van der Waals surface area contributed by atoms with E-state index < -0.39 is 6.04 Å². The van der Waals surface area contributed by atoms with Gasteiger partial charge in [-0.05, 0) is 26.0 Å². The molecule has 8 heteroatoms. The summed E-state index contributed by atoms with van der Waals surface area (Å²) in [5, 5.41) is 13.3. The summed E-state index contributed by atoms with van der Waals surface area (Å²) in [4.78, 5) is 16.5. The summed E-state index contributed by atoms with van der Waals surface area (Å²) in [5.74, 6) is 1.21. The Morgan fingerprint density at radius 2 is 2.25 bits per heavy atom. The minimum absolute atomic E-state index is 0.255. The Hall–Kier alpha value is -3.16. The summed E-state index contributed by atoms with van der Waals surface area (Å²) < 4.78 is 10.4. The van der Waals surface area contributed by atoms with Crippen LogP contribution in [0.5, 0.6) is 5.75 Å². The zero-order valence-electron chi connectivity index (χ0n) is 13.5. The van der Waals surface area contributed by atoms with Crippen LogP contribution in [0.1, 0.15) is 34.9 Å².